The highest BCUT2D eigenvalue weighted by Crippen LogP contribution is 2.20. The van der Waals surface area contributed by atoms with Gasteiger partial charge in [-0.1, -0.05) is 36.4 Å². The number of para-hydroxylation sites is 2. The third-order valence-corrected chi connectivity index (χ3v) is 3.90. The Balaban J connectivity index is 1.57. The van der Waals surface area contributed by atoms with Crippen LogP contribution in [0.5, 0.6) is 5.75 Å². The van der Waals surface area contributed by atoms with Crippen LogP contribution in [-0.4, -0.2) is 30.5 Å². The van der Waals surface area contributed by atoms with E-state index in [4.69, 9.17) is 4.74 Å². The molecule has 0 saturated heterocycles. The molecule has 2 aromatic carbocycles. The summed E-state index contributed by atoms with van der Waals surface area (Å²) in [7, 11) is 1.56. The zero-order valence-electron chi connectivity index (χ0n) is 14.4. The van der Waals surface area contributed by atoms with Crippen LogP contribution in [0.15, 0.2) is 60.8 Å². The molecule has 2 N–H and O–H groups in total. The highest BCUT2D eigenvalue weighted by molar-refractivity contribution is 6.01. The second-order valence-corrected chi connectivity index (χ2v) is 5.69. The molecule has 6 heteroatoms. The number of pyridine rings is 1. The first-order chi connectivity index (χ1) is 12.7. The third kappa shape index (κ3) is 4.16. The van der Waals surface area contributed by atoms with E-state index in [2.05, 4.69) is 15.6 Å². The number of methoxy groups -OCH3 is 1. The van der Waals surface area contributed by atoms with Crippen molar-refractivity contribution >= 4 is 28.4 Å². The number of rotatable bonds is 6. The monoisotopic (exact) mass is 349 g/mol. The van der Waals surface area contributed by atoms with E-state index < -0.39 is 0 Å². The zero-order chi connectivity index (χ0) is 18.4. The van der Waals surface area contributed by atoms with Crippen molar-refractivity contribution in [1.29, 1.82) is 0 Å². The topological polar surface area (TPSA) is 80.3 Å². The number of amides is 2. The largest absolute Gasteiger partial charge is 0.496 e. The summed E-state index contributed by atoms with van der Waals surface area (Å²) in [6, 6.07) is 16.6. The van der Waals surface area contributed by atoms with Crippen LogP contribution in [0, 0.1) is 0 Å². The standard InChI is InChI=1S/C20H19N3O3/c1-26-17-10-3-2-6-15(17)12-18(24)22-13-19(25)23-16-9-4-7-14-8-5-11-21-20(14)16/h2-11H,12-13H2,1H3,(H,22,24)(H,23,25). The Morgan fingerprint density at radius 2 is 1.81 bits per heavy atom. The molecule has 0 aliphatic carbocycles. The number of nitrogens with zero attached hydrogens (tertiary/aromatic N) is 1. The van der Waals surface area contributed by atoms with Gasteiger partial charge < -0.3 is 15.4 Å². The lowest BCUT2D eigenvalue weighted by molar-refractivity contribution is -0.123. The molecule has 2 amide bonds. The second kappa shape index (κ2) is 8.11. The summed E-state index contributed by atoms with van der Waals surface area (Å²) in [4.78, 5) is 28.5. The van der Waals surface area contributed by atoms with E-state index in [-0.39, 0.29) is 24.8 Å². The number of carbonyl (C=O) groups is 2. The Kier molecular flexibility index (Phi) is 5.43. The van der Waals surface area contributed by atoms with Gasteiger partial charge in [0.05, 0.1) is 31.3 Å². The van der Waals surface area contributed by atoms with Crippen LogP contribution in [0.1, 0.15) is 5.56 Å². The Hall–Kier alpha value is -3.41. The first-order valence-corrected chi connectivity index (χ1v) is 8.19. The van der Waals surface area contributed by atoms with Crippen LogP contribution in [0.4, 0.5) is 5.69 Å². The van der Waals surface area contributed by atoms with Gasteiger partial charge in [0.2, 0.25) is 11.8 Å². The Bertz CT molecular complexity index is 935. The summed E-state index contributed by atoms with van der Waals surface area (Å²) < 4.78 is 5.23. The molecule has 0 saturated carbocycles. The molecule has 0 aliphatic rings. The fourth-order valence-corrected chi connectivity index (χ4v) is 2.66. The summed E-state index contributed by atoms with van der Waals surface area (Å²) in [6.45, 7) is -0.114. The molecule has 132 valence electrons. The van der Waals surface area contributed by atoms with E-state index in [0.717, 1.165) is 10.9 Å². The lowest BCUT2D eigenvalue weighted by Gasteiger charge is -2.10. The van der Waals surface area contributed by atoms with Crippen molar-refractivity contribution < 1.29 is 14.3 Å². The molecule has 0 unspecified atom stereocenters. The molecule has 0 fully saturated rings. The molecule has 26 heavy (non-hydrogen) atoms. The molecule has 0 spiro atoms. The molecule has 3 aromatic rings. The normalized spacial score (nSPS) is 10.3. The van der Waals surface area contributed by atoms with Crippen molar-refractivity contribution in [2.24, 2.45) is 0 Å². The lowest BCUT2D eigenvalue weighted by atomic mass is 10.1. The number of carbonyl (C=O) groups excluding carboxylic acids is 2. The lowest BCUT2D eigenvalue weighted by Crippen LogP contribution is -2.33. The van der Waals surface area contributed by atoms with Crippen LogP contribution in [-0.2, 0) is 16.0 Å². The smallest absolute Gasteiger partial charge is 0.243 e. The molecule has 0 aliphatic heterocycles. The van der Waals surface area contributed by atoms with Crippen LogP contribution >= 0.6 is 0 Å². The molecule has 3 rings (SSSR count). The van der Waals surface area contributed by atoms with E-state index in [1.807, 2.05) is 42.5 Å². The number of benzene rings is 2. The molecular formula is C20H19N3O3. The summed E-state index contributed by atoms with van der Waals surface area (Å²) in [6.07, 6.45) is 1.82. The summed E-state index contributed by atoms with van der Waals surface area (Å²) in [5.74, 6) is 0.0890. The third-order valence-electron chi connectivity index (χ3n) is 3.90. The predicted octanol–water partition coefficient (Wildman–Crippen LogP) is 2.54. The van der Waals surface area contributed by atoms with Gasteiger partial charge in [-0.05, 0) is 18.2 Å². The van der Waals surface area contributed by atoms with E-state index in [1.54, 1.807) is 25.4 Å². The van der Waals surface area contributed by atoms with Gasteiger partial charge in [-0.3, -0.25) is 14.6 Å². The van der Waals surface area contributed by atoms with Gasteiger partial charge in [-0.15, -0.1) is 0 Å². The predicted molar refractivity (Wildman–Crippen MR) is 100 cm³/mol. The molecule has 0 radical (unpaired) electrons. The van der Waals surface area contributed by atoms with Gasteiger partial charge in [0.1, 0.15) is 5.75 Å². The van der Waals surface area contributed by atoms with Crippen molar-refractivity contribution in [1.82, 2.24) is 10.3 Å². The number of nitrogens with one attached hydrogen (secondary N) is 2. The van der Waals surface area contributed by atoms with Gasteiger partial charge in [-0.2, -0.15) is 0 Å². The molecular weight excluding hydrogens is 330 g/mol. The van der Waals surface area contributed by atoms with E-state index in [1.165, 1.54) is 0 Å². The van der Waals surface area contributed by atoms with Crippen molar-refractivity contribution in [3.63, 3.8) is 0 Å². The molecule has 1 heterocycles. The van der Waals surface area contributed by atoms with Gasteiger partial charge in [0.15, 0.2) is 0 Å². The number of aromatic nitrogens is 1. The molecule has 0 bridgehead atoms. The molecule has 0 atom stereocenters. The summed E-state index contributed by atoms with van der Waals surface area (Å²) in [5.41, 5.74) is 2.10. The van der Waals surface area contributed by atoms with Crippen LogP contribution in [0.2, 0.25) is 0 Å². The Morgan fingerprint density at radius 1 is 1.00 bits per heavy atom. The maximum absolute atomic E-state index is 12.2. The number of anilines is 1. The number of hydrogen-bond acceptors (Lipinski definition) is 4. The van der Waals surface area contributed by atoms with Gasteiger partial charge in [0.25, 0.3) is 0 Å². The average molecular weight is 349 g/mol. The van der Waals surface area contributed by atoms with E-state index in [9.17, 15) is 9.59 Å². The van der Waals surface area contributed by atoms with Crippen molar-refractivity contribution in [2.45, 2.75) is 6.42 Å². The quantitative estimate of drug-likeness (QED) is 0.717. The molecule has 6 nitrogen and oxygen atoms in total. The Labute approximate surface area is 151 Å². The highest BCUT2D eigenvalue weighted by Gasteiger charge is 2.11. The summed E-state index contributed by atoms with van der Waals surface area (Å²) in [5, 5.41) is 6.35. The minimum Gasteiger partial charge on any atom is -0.496 e. The number of hydrogen-bond donors (Lipinski definition) is 2. The summed E-state index contributed by atoms with van der Waals surface area (Å²) >= 11 is 0. The van der Waals surface area contributed by atoms with E-state index in [0.29, 0.717) is 17.0 Å². The molecule has 1 aromatic heterocycles. The van der Waals surface area contributed by atoms with Crippen molar-refractivity contribution in [3.05, 3.63) is 66.4 Å². The minimum atomic E-state index is -0.309. The fourth-order valence-electron chi connectivity index (χ4n) is 2.66. The van der Waals surface area contributed by atoms with Crippen LogP contribution in [0.25, 0.3) is 10.9 Å². The van der Waals surface area contributed by atoms with Crippen LogP contribution < -0.4 is 15.4 Å². The number of ether oxygens (including phenoxy) is 1. The first kappa shape index (κ1) is 17.4. The van der Waals surface area contributed by atoms with Gasteiger partial charge in [-0.25, -0.2) is 0 Å². The Morgan fingerprint density at radius 3 is 2.65 bits per heavy atom. The maximum atomic E-state index is 12.2. The first-order valence-electron chi connectivity index (χ1n) is 8.19. The zero-order valence-corrected chi connectivity index (χ0v) is 14.4. The average Bonchev–Trinajstić information content (AvgIpc) is 2.67. The van der Waals surface area contributed by atoms with Gasteiger partial charge >= 0.3 is 0 Å². The SMILES string of the molecule is COc1ccccc1CC(=O)NCC(=O)Nc1cccc2cccnc12. The number of fused-ring (bicyclic) bond motifs is 1. The van der Waals surface area contributed by atoms with Crippen molar-refractivity contribution in [2.75, 3.05) is 19.0 Å². The highest BCUT2D eigenvalue weighted by atomic mass is 16.5. The minimum absolute atomic E-state index is 0.114. The van der Waals surface area contributed by atoms with Crippen LogP contribution in [0.3, 0.4) is 0 Å². The second-order valence-electron chi connectivity index (χ2n) is 5.69. The van der Waals surface area contributed by atoms with Gasteiger partial charge in [0, 0.05) is 17.1 Å². The van der Waals surface area contributed by atoms with E-state index >= 15 is 0 Å². The van der Waals surface area contributed by atoms with Crippen molar-refractivity contribution in [3.8, 4) is 5.75 Å². The fraction of sp³-hybridized carbons (Fsp3) is 0.150. The maximum Gasteiger partial charge on any atom is 0.243 e.